The monoisotopic (exact) mass is 264 g/mol. The van der Waals surface area contributed by atoms with Gasteiger partial charge in [0.2, 0.25) is 0 Å². The van der Waals surface area contributed by atoms with Crippen LogP contribution in [0, 0.1) is 0 Å². The third-order valence-corrected chi connectivity index (χ3v) is 2.76. The van der Waals surface area contributed by atoms with Gasteiger partial charge < -0.3 is 0 Å². The van der Waals surface area contributed by atoms with Gasteiger partial charge in [-0.05, 0) is 66.5 Å². The molecular weight excluding hydrogens is 252 g/mol. The summed E-state index contributed by atoms with van der Waals surface area (Å²) in [6, 6.07) is 16.0. The Kier molecular flexibility index (Phi) is 4.54. The van der Waals surface area contributed by atoms with Crippen LogP contribution >= 0.6 is 12.2 Å². The highest BCUT2D eigenvalue weighted by Crippen LogP contribution is 2.17. The van der Waals surface area contributed by atoms with Crippen LogP contribution in [0.1, 0.15) is 11.1 Å². The number of isothiocyanates is 1. The Bertz CT molecular complexity index is 585. The smallest absolute Gasteiger partial charge is 0.0739 e. The lowest BCUT2D eigenvalue weighted by Crippen LogP contribution is -1.86. The third kappa shape index (κ3) is 3.84. The SMILES string of the molecule is C=C=Nc1ccc(Cc2ccc(N=C=S)cc2)cc1. The van der Waals surface area contributed by atoms with Gasteiger partial charge in [-0.25, -0.2) is 4.99 Å². The molecule has 0 aliphatic rings. The van der Waals surface area contributed by atoms with Crippen LogP contribution in [0.15, 0.2) is 65.1 Å². The third-order valence-electron chi connectivity index (χ3n) is 2.66. The fourth-order valence-corrected chi connectivity index (χ4v) is 1.86. The summed E-state index contributed by atoms with van der Waals surface area (Å²) in [6.45, 7) is 3.46. The highest BCUT2D eigenvalue weighted by molar-refractivity contribution is 7.78. The Morgan fingerprint density at radius 2 is 1.32 bits per heavy atom. The molecule has 2 nitrogen and oxygen atoms in total. The number of nitrogens with zero attached hydrogens (tertiary/aromatic N) is 2. The molecule has 0 N–H and O–H groups in total. The quantitative estimate of drug-likeness (QED) is 0.589. The van der Waals surface area contributed by atoms with E-state index in [0.717, 1.165) is 17.8 Å². The molecule has 92 valence electrons. The van der Waals surface area contributed by atoms with Gasteiger partial charge in [0.15, 0.2) is 0 Å². The van der Waals surface area contributed by atoms with Gasteiger partial charge in [0.1, 0.15) is 0 Å². The maximum atomic E-state index is 4.57. The number of hydrogen-bond acceptors (Lipinski definition) is 3. The molecule has 0 unspecified atom stereocenters. The van der Waals surface area contributed by atoms with Crippen molar-refractivity contribution >= 4 is 34.6 Å². The normalized spacial score (nSPS) is 9.26. The minimum absolute atomic E-state index is 0.828. The summed E-state index contributed by atoms with van der Waals surface area (Å²) in [5.74, 6) is 2.52. The fourth-order valence-electron chi connectivity index (χ4n) is 1.76. The summed E-state index contributed by atoms with van der Waals surface area (Å²) >= 11 is 4.57. The molecule has 0 saturated heterocycles. The molecule has 2 rings (SSSR count). The zero-order valence-electron chi connectivity index (χ0n) is 10.3. The standard InChI is InChI=1S/C16H12N2S/c1-2-17-15-7-3-13(4-8-15)11-14-5-9-16(10-6-14)18-12-19/h3-10H,1,11H2. The van der Waals surface area contributed by atoms with Crippen molar-refractivity contribution in [3.05, 3.63) is 66.2 Å². The molecule has 0 saturated carbocycles. The lowest BCUT2D eigenvalue weighted by Gasteiger charge is -2.02. The molecule has 0 atom stereocenters. The van der Waals surface area contributed by atoms with Crippen molar-refractivity contribution in [1.29, 1.82) is 0 Å². The van der Waals surface area contributed by atoms with Crippen LogP contribution in [0.3, 0.4) is 0 Å². The molecule has 0 heterocycles. The van der Waals surface area contributed by atoms with Crippen molar-refractivity contribution in [2.75, 3.05) is 0 Å². The minimum Gasteiger partial charge on any atom is -0.207 e. The van der Waals surface area contributed by atoms with E-state index in [1.807, 2.05) is 36.4 Å². The molecule has 0 fully saturated rings. The first-order valence-corrected chi connectivity index (χ1v) is 6.21. The molecule has 3 heteroatoms. The molecule has 0 amide bonds. The van der Waals surface area contributed by atoms with E-state index in [-0.39, 0.29) is 0 Å². The lowest BCUT2D eigenvalue weighted by molar-refractivity contribution is 1.19. The summed E-state index contributed by atoms with van der Waals surface area (Å²) in [6.07, 6.45) is 0.875. The lowest BCUT2D eigenvalue weighted by atomic mass is 10.0. The molecule has 2 aromatic carbocycles. The maximum absolute atomic E-state index is 4.57. The molecule has 0 aliphatic carbocycles. The topological polar surface area (TPSA) is 24.7 Å². The van der Waals surface area contributed by atoms with Crippen LogP contribution < -0.4 is 0 Å². The van der Waals surface area contributed by atoms with Gasteiger partial charge in [0, 0.05) is 0 Å². The average Bonchev–Trinajstić information content (AvgIpc) is 2.44. The zero-order valence-corrected chi connectivity index (χ0v) is 11.2. The number of benzene rings is 2. The molecule has 0 aromatic heterocycles. The number of rotatable bonds is 4. The summed E-state index contributed by atoms with van der Waals surface area (Å²) in [5.41, 5.74) is 4.15. The summed E-state index contributed by atoms with van der Waals surface area (Å²) in [7, 11) is 0. The van der Waals surface area contributed by atoms with Crippen LogP contribution in [-0.4, -0.2) is 11.0 Å². The van der Waals surface area contributed by atoms with Crippen molar-refractivity contribution in [3.63, 3.8) is 0 Å². The Labute approximate surface area is 117 Å². The molecule has 19 heavy (non-hydrogen) atoms. The van der Waals surface area contributed by atoms with Gasteiger partial charge >= 0.3 is 0 Å². The van der Waals surface area contributed by atoms with Crippen LogP contribution in [0.25, 0.3) is 0 Å². The molecular formula is C16H12N2S. The average molecular weight is 264 g/mol. The molecule has 0 bridgehead atoms. The Morgan fingerprint density at radius 3 is 1.74 bits per heavy atom. The number of thiocarbonyl (C=S) groups is 1. The maximum Gasteiger partial charge on any atom is 0.0739 e. The highest BCUT2D eigenvalue weighted by Gasteiger charge is 1.97. The number of hydrogen-bond donors (Lipinski definition) is 0. The fraction of sp³-hybridized carbons (Fsp3) is 0.0625. The Balaban J connectivity index is 2.11. The van der Waals surface area contributed by atoms with Crippen LogP contribution in [0.5, 0.6) is 0 Å². The van der Waals surface area contributed by atoms with E-state index in [1.165, 1.54) is 11.1 Å². The molecule has 0 spiro atoms. The molecule has 0 aliphatic heterocycles. The van der Waals surface area contributed by atoms with E-state index in [1.54, 1.807) is 0 Å². The van der Waals surface area contributed by atoms with Crippen LogP contribution in [0.2, 0.25) is 0 Å². The Hall–Kier alpha value is -2.31. The van der Waals surface area contributed by atoms with E-state index >= 15 is 0 Å². The van der Waals surface area contributed by atoms with Gasteiger partial charge in [-0.2, -0.15) is 4.99 Å². The zero-order chi connectivity index (χ0) is 13.5. The first kappa shape index (κ1) is 13.1. The first-order valence-electron chi connectivity index (χ1n) is 5.80. The van der Waals surface area contributed by atoms with E-state index in [0.29, 0.717) is 0 Å². The first-order chi connectivity index (χ1) is 9.31. The van der Waals surface area contributed by atoms with Crippen molar-refractivity contribution in [2.45, 2.75) is 6.42 Å². The van der Waals surface area contributed by atoms with Crippen molar-refractivity contribution in [3.8, 4) is 0 Å². The largest absolute Gasteiger partial charge is 0.207 e. The van der Waals surface area contributed by atoms with E-state index < -0.39 is 0 Å². The highest BCUT2D eigenvalue weighted by atomic mass is 32.1. The van der Waals surface area contributed by atoms with Crippen molar-refractivity contribution in [1.82, 2.24) is 0 Å². The van der Waals surface area contributed by atoms with Gasteiger partial charge in [0.05, 0.1) is 16.5 Å². The predicted molar refractivity (Wildman–Crippen MR) is 83.1 cm³/mol. The Morgan fingerprint density at radius 1 is 0.842 bits per heavy atom. The summed E-state index contributed by atoms with van der Waals surface area (Å²) in [5, 5.41) is 2.36. The summed E-state index contributed by atoms with van der Waals surface area (Å²) in [4.78, 5) is 7.92. The van der Waals surface area contributed by atoms with Gasteiger partial charge in [0.25, 0.3) is 0 Å². The molecule has 0 radical (unpaired) electrons. The van der Waals surface area contributed by atoms with Gasteiger partial charge in [-0.1, -0.05) is 24.3 Å². The second-order valence-electron chi connectivity index (χ2n) is 3.98. The van der Waals surface area contributed by atoms with Gasteiger partial charge in [-0.3, -0.25) is 0 Å². The second-order valence-corrected chi connectivity index (χ2v) is 4.17. The van der Waals surface area contributed by atoms with E-state index in [9.17, 15) is 0 Å². The van der Waals surface area contributed by atoms with Gasteiger partial charge in [-0.15, -0.1) is 0 Å². The van der Waals surface area contributed by atoms with E-state index in [4.69, 9.17) is 0 Å². The van der Waals surface area contributed by atoms with Crippen LogP contribution in [-0.2, 0) is 6.42 Å². The minimum atomic E-state index is 0.828. The van der Waals surface area contributed by atoms with Crippen LogP contribution in [0.4, 0.5) is 11.4 Å². The van der Waals surface area contributed by atoms with Crippen molar-refractivity contribution in [2.24, 2.45) is 9.98 Å². The van der Waals surface area contributed by atoms with E-state index in [2.05, 4.69) is 51.9 Å². The molecule has 2 aromatic rings. The second kappa shape index (κ2) is 6.58. The summed E-state index contributed by atoms with van der Waals surface area (Å²) < 4.78 is 0. The predicted octanol–water partition coefficient (Wildman–Crippen LogP) is 4.50. The van der Waals surface area contributed by atoms with Crippen molar-refractivity contribution < 1.29 is 0 Å². The number of aliphatic imine (C=N–C) groups is 2.